The van der Waals surface area contributed by atoms with Crippen molar-refractivity contribution in [1.29, 1.82) is 0 Å². The lowest BCUT2D eigenvalue weighted by Gasteiger charge is -2.42. The van der Waals surface area contributed by atoms with Crippen LogP contribution in [0.15, 0.2) is 24.3 Å². The first kappa shape index (κ1) is 11.7. The monoisotopic (exact) mass is 261 g/mol. The van der Waals surface area contributed by atoms with Gasteiger partial charge in [0.05, 0.1) is 5.52 Å². The van der Waals surface area contributed by atoms with Gasteiger partial charge in [0.15, 0.2) is 0 Å². The molecule has 0 bridgehead atoms. The van der Waals surface area contributed by atoms with Crippen molar-refractivity contribution >= 4 is 28.3 Å². The second-order valence-electron chi connectivity index (χ2n) is 4.97. The van der Waals surface area contributed by atoms with Gasteiger partial charge in [-0.25, -0.2) is 9.97 Å². The van der Waals surface area contributed by atoms with Crippen molar-refractivity contribution < 1.29 is 0 Å². The molecule has 1 aromatic heterocycles. The van der Waals surface area contributed by atoms with Gasteiger partial charge in [-0.15, -0.1) is 0 Å². The summed E-state index contributed by atoms with van der Waals surface area (Å²) in [6, 6.07) is 7.97. The molecule has 1 N–H and O–H groups in total. The van der Waals surface area contributed by atoms with Gasteiger partial charge in [-0.1, -0.05) is 19.1 Å². The molecule has 1 aliphatic carbocycles. The Morgan fingerprint density at radius 3 is 2.72 bits per heavy atom. The minimum Gasteiger partial charge on any atom is -0.364 e. The zero-order valence-electron chi connectivity index (χ0n) is 10.4. The molecular weight excluding hydrogens is 246 g/mol. The normalized spacial score (nSPS) is 17.4. The van der Waals surface area contributed by atoms with Gasteiger partial charge in [-0.05, 0) is 49.4 Å². The van der Waals surface area contributed by atoms with Crippen LogP contribution in [0.3, 0.4) is 0 Å². The van der Waals surface area contributed by atoms with Crippen LogP contribution in [0.4, 0.5) is 5.82 Å². The molecule has 0 unspecified atom stereocenters. The third-order valence-electron chi connectivity index (χ3n) is 3.95. The maximum atomic E-state index is 5.99. The Labute approximate surface area is 112 Å². The summed E-state index contributed by atoms with van der Waals surface area (Å²) in [5.41, 5.74) is 1.10. The second-order valence-corrected chi connectivity index (χ2v) is 5.31. The lowest BCUT2D eigenvalue weighted by atomic mass is 9.75. The highest BCUT2D eigenvalue weighted by molar-refractivity contribution is 6.28. The average molecular weight is 262 g/mol. The zero-order chi connectivity index (χ0) is 12.6. The molecule has 18 heavy (non-hydrogen) atoms. The average Bonchev–Trinajstić information content (AvgIpc) is 2.33. The Balaban J connectivity index is 2.05. The SMILES string of the molecule is CCC1(Nc2nc(Cl)nc3ccccc23)CCC1. The summed E-state index contributed by atoms with van der Waals surface area (Å²) in [6.45, 7) is 2.22. The standard InChI is InChI=1S/C14H16ClN3/c1-2-14(8-5-9-14)18-12-10-6-3-4-7-11(10)16-13(15)17-12/h3-4,6-7H,2,5,8-9H2,1H3,(H,16,17,18). The van der Waals surface area contributed by atoms with Crippen LogP contribution in [-0.2, 0) is 0 Å². The molecule has 3 rings (SSSR count). The fraction of sp³-hybridized carbons (Fsp3) is 0.429. The van der Waals surface area contributed by atoms with Crippen molar-refractivity contribution in [3.63, 3.8) is 0 Å². The summed E-state index contributed by atoms with van der Waals surface area (Å²) in [5.74, 6) is 0.868. The number of anilines is 1. The minimum atomic E-state index is 0.209. The lowest BCUT2D eigenvalue weighted by molar-refractivity contribution is 0.269. The van der Waals surface area contributed by atoms with Crippen LogP contribution in [0.25, 0.3) is 10.9 Å². The predicted octanol–water partition coefficient (Wildman–Crippen LogP) is 4.03. The Bertz CT molecular complexity index is 573. The molecule has 94 valence electrons. The fourth-order valence-electron chi connectivity index (χ4n) is 2.57. The molecule has 0 aliphatic heterocycles. The van der Waals surface area contributed by atoms with E-state index in [1.165, 1.54) is 19.3 Å². The maximum absolute atomic E-state index is 5.99. The number of nitrogens with zero attached hydrogens (tertiary/aromatic N) is 2. The smallest absolute Gasteiger partial charge is 0.224 e. The van der Waals surface area contributed by atoms with E-state index in [4.69, 9.17) is 11.6 Å². The van der Waals surface area contributed by atoms with Gasteiger partial charge in [-0.2, -0.15) is 0 Å². The van der Waals surface area contributed by atoms with Gasteiger partial charge in [0, 0.05) is 10.9 Å². The van der Waals surface area contributed by atoms with Crippen molar-refractivity contribution in [3.8, 4) is 0 Å². The highest BCUT2D eigenvalue weighted by Gasteiger charge is 2.35. The summed E-state index contributed by atoms with van der Waals surface area (Å²) >= 11 is 5.99. The predicted molar refractivity (Wildman–Crippen MR) is 75.0 cm³/mol. The van der Waals surface area contributed by atoms with Crippen molar-refractivity contribution in [2.45, 2.75) is 38.1 Å². The van der Waals surface area contributed by atoms with Crippen LogP contribution in [0, 0.1) is 0 Å². The van der Waals surface area contributed by atoms with Gasteiger partial charge in [-0.3, -0.25) is 0 Å². The van der Waals surface area contributed by atoms with Crippen LogP contribution in [0.5, 0.6) is 0 Å². The summed E-state index contributed by atoms with van der Waals surface area (Å²) in [6.07, 6.45) is 4.82. The molecule has 1 saturated carbocycles. The van der Waals surface area contributed by atoms with Crippen molar-refractivity contribution in [1.82, 2.24) is 9.97 Å². The number of fused-ring (bicyclic) bond motifs is 1. The number of hydrogen-bond acceptors (Lipinski definition) is 3. The van der Waals surface area contributed by atoms with Crippen molar-refractivity contribution in [2.75, 3.05) is 5.32 Å². The topological polar surface area (TPSA) is 37.8 Å². The van der Waals surface area contributed by atoms with Crippen molar-refractivity contribution in [3.05, 3.63) is 29.5 Å². The summed E-state index contributed by atoms with van der Waals surface area (Å²) in [7, 11) is 0. The highest BCUT2D eigenvalue weighted by Crippen LogP contribution is 2.38. The molecule has 1 aromatic carbocycles. The number of halogens is 1. The number of benzene rings is 1. The molecule has 0 saturated heterocycles. The third kappa shape index (κ3) is 1.93. The zero-order valence-corrected chi connectivity index (χ0v) is 11.2. The summed E-state index contributed by atoms with van der Waals surface area (Å²) in [4.78, 5) is 8.61. The van der Waals surface area contributed by atoms with E-state index in [2.05, 4.69) is 22.2 Å². The Kier molecular flexibility index (Phi) is 2.86. The molecule has 0 radical (unpaired) electrons. The number of para-hydroxylation sites is 1. The summed E-state index contributed by atoms with van der Waals surface area (Å²) < 4.78 is 0. The van der Waals surface area contributed by atoms with Crippen LogP contribution >= 0.6 is 11.6 Å². The van der Waals surface area contributed by atoms with Gasteiger partial charge in [0.2, 0.25) is 5.28 Å². The molecule has 0 amide bonds. The quantitative estimate of drug-likeness (QED) is 0.848. The maximum Gasteiger partial charge on any atom is 0.224 e. The van der Waals surface area contributed by atoms with E-state index in [0.29, 0.717) is 5.28 Å². The van der Waals surface area contributed by atoms with E-state index in [1.54, 1.807) is 0 Å². The first-order valence-corrected chi connectivity index (χ1v) is 6.81. The summed E-state index contributed by atoms with van der Waals surface area (Å²) in [5, 5.41) is 4.94. The van der Waals surface area contributed by atoms with E-state index in [-0.39, 0.29) is 5.54 Å². The number of rotatable bonds is 3. The van der Waals surface area contributed by atoms with E-state index in [1.807, 2.05) is 24.3 Å². The highest BCUT2D eigenvalue weighted by atomic mass is 35.5. The largest absolute Gasteiger partial charge is 0.364 e. The molecule has 0 spiro atoms. The Hall–Kier alpha value is -1.35. The molecule has 1 aliphatic rings. The Morgan fingerprint density at radius 1 is 1.28 bits per heavy atom. The fourth-order valence-corrected chi connectivity index (χ4v) is 2.74. The van der Waals surface area contributed by atoms with E-state index < -0.39 is 0 Å². The van der Waals surface area contributed by atoms with Gasteiger partial charge >= 0.3 is 0 Å². The first-order chi connectivity index (χ1) is 8.72. The first-order valence-electron chi connectivity index (χ1n) is 6.43. The molecular formula is C14H16ClN3. The molecule has 2 aromatic rings. The van der Waals surface area contributed by atoms with E-state index >= 15 is 0 Å². The minimum absolute atomic E-state index is 0.209. The number of nitrogens with one attached hydrogen (secondary N) is 1. The van der Waals surface area contributed by atoms with Crippen LogP contribution in [-0.4, -0.2) is 15.5 Å². The molecule has 1 heterocycles. The lowest BCUT2D eigenvalue weighted by Crippen LogP contribution is -2.44. The van der Waals surface area contributed by atoms with Crippen LogP contribution < -0.4 is 5.32 Å². The molecule has 4 heteroatoms. The molecule has 3 nitrogen and oxygen atoms in total. The third-order valence-corrected chi connectivity index (χ3v) is 4.12. The second kappa shape index (κ2) is 4.39. The molecule has 0 atom stereocenters. The van der Waals surface area contributed by atoms with Crippen LogP contribution in [0.2, 0.25) is 5.28 Å². The number of hydrogen-bond donors (Lipinski definition) is 1. The van der Waals surface area contributed by atoms with E-state index in [9.17, 15) is 0 Å². The van der Waals surface area contributed by atoms with Gasteiger partial charge < -0.3 is 5.32 Å². The van der Waals surface area contributed by atoms with E-state index in [0.717, 1.165) is 23.1 Å². The van der Waals surface area contributed by atoms with Crippen molar-refractivity contribution in [2.24, 2.45) is 0 Å². The number of aromatic nitrogens is 2. The van der Waals surface area contributed by atoms with Gasteiger partial charge in [0.25, 0.3) is 0 Å². The Morgan fingerprint density at radius 2 is 2.06 bits per heavy atom. The van der Waals surface area contributed by atoms with Gasteiger partial charge in [0.1, 0.15) is 5.82 Å². The molecule has 1 fully saturated rings. The van der Waals surface area contributed by atoms with Crippen LogP contribution in [0.1, 0.15) is 32.6 Å².